The van der Waals surface area contributed by atoms with Gasteiger partial charge in [0.25, 0.3) is 0 Å². The molecule has 2 rings (SSSR count). The van der Waals surface area contributed by atoms with Crippen LogP contribution in [0, 0.1) is 0 Å². The van der Waals surface area contributed by atoms with Crippen molar-refractivity contribution >= 4 is 11.4 Å². The largest absolute Gasteiger partial charge is 0.494 e. The van der Waals surface area contributed by atoms with E-state index in [1.165, 1.54) is 25.7 Å². The Balaban J connectivity index is 1.63. The van der Waals surface area contributed by atoms with Crippen molar-refractivity contribution in [1.29, 1.82) is 0 Å². The number of nitrogens with one attached hydrogen (secondary N) is 2. The molecule has 2 aromatic rings. The Labute approximate surface area is 170 Å². The first-order chi connectivity index (χ1) is 13.7. The summed E-state index contributed by atoms with van der Waals surface area (Å²) in [5.74, 6) is 1.84. The summed E-state index contributed by atoms with van der Waals surface area (Å²) in [7, 11) is 0. The van der Waals surface area contributed by atoms with Crippen LogP contribution in [0.2, 0.25) is 0 Å². The van der Waals surface area contributed by atoms with Gasteiger partial charge in [-0.2, -0.15) is 0 Å². The number of anilines is 2. The average Bonchev–Trinajstić information content (AvgIpc) is 2.69. The van der Waals surface area contributed by atoms with Gasteiger partial charge in [-0.1, -0.05) is 38.7 Å². The zero-order chi connectivity index (χ0) is 20.0. The summed E-state index contributed by atoms with van der Waals surface area (Å²) in [6.45, 7) is 8.79. The first-order valence-corrected chi connectivity index (χ1v) is 10.6. The van der Waals surface area contributed by atoms with Gasteiger partial charge >= 0.3 is 0 Å². The fraction of sp³-hybridized carbons (Fsp3) is 0.500. The van der Waals surface area contributed by atoms with E-state index >= 15 is 0 Å². The number of hydrogen-bond acceptors (Lipinski definition) is 4. The molecular formula is C24H36N2O2. The standard InChI is InChI=1S/C24H36N2O2/c1-4-5-6-7-8-18-27-23-14-12-21(13-15-23)25-16-17-26-22-10-9-11-24(19-22)28-20(2)3/h9-15,19-20,25-26H,4-8,16-18H2,1-3H3. The van der Waals surface area contributed by atoms with Gasteiger partial charge in [0, 0.05) is 30.5 Å². The molecule has 0 heterocycles. The monoisotopic (exact) mass is 384 g/mol. The molecule has 0 aliphatic heterocycles. The van der Waals surface area contributed by atoms with Gasteiger partial charge in [-0.05, 0) is 56.7 Å². The van der Waals surface area contributed by atoms with Gasteiger partial charge in [-0.25, -0.2) is 0 Å². The van der Waals surface area contributed by atoms with Gasteiger partial charge in [0.15, 0.2) is 0 Å². The van der Waals surface area contributed by atoms with Crippen LogP contribution in [0.1, 0.15) is 52.9 Å². The van der Waals surface area contributed by atoms with E-state index in [2.05, 4.69) is 35.8 Å². The molecule has 0 unspecified atom stereocenters. The van der Waals surface area contributed by atoms with Gasteiger partial charge < -0.3 is 20.1 Å². The van der Waals surface area contributed by atoms with Crippen LogP contribution in [0.4, 0.5) is 11.4 Å². The van der Waals surface area contributed by atoms with Crippen LogP contribution in [0.15, 0.2) is 48.5 Å². The molecule has 0 aliphatic carbocycles. The highest BCUT2D eigenvalue weighted by molar-refractivity contribution is 5.49. The zero-order valence-corrected chi connectivity index (χ0v) is 17.7. The maximum atomic E-state index is 5.81. The van der Waals surface area contributed by atoms with Gasteiger partial charge in [0.05, 0.1) is 12.7 Å². The van der Waals surface area contributed by atoms with E-state index in [4.69, 9.17) is 9.47 Å². The van der Waals surface area contributed by atoms with Crippen molar-refractivity contribution in [3.05, 3.63) is 48.5 Å². The number of benzene rings is 2. The van der Waals surface area contributed by atoms with E-state index < -0.39 is 0 Å². The fourth-order valence-electron chi connectivity index (χ4n) is 2.93. The minimum atomic E-state index is 0.185. The predicted octanol–water partition coefficient (Wildman–Crippen LogP) is 6.35. The second kappa shape index (κ2) is 12.9. The molecule has 4 nitrogen and oxygen atoms in total. The van der Waals surface area contributed by atoms with Crippen LogP contribution in [0.25, 0.3) is 0 Å². The topological polar surface area (TPSA) is 42.5 Å². The van der Waals surface area contributed by atoms with Crippen molar-refractivity contribution < 1.29 is 9.47 Å². The molecule has 0 atom stereocenters. The second-order valence-electron chi connectivity index (χ2n) is 7.34. The molecule has 2 N–H and O–H groups in total. The van der Waals surface area contributed by atoms with Gasteiger partial charge in [0.1, 0.15) is 11.5 Å². The maximum absolute atomic E-state index is 5.81. The summed E-state index contributed by atoms with van der Waals surface area (Å²) < 4.78 is 11.5. The highest BCUT2D eigenvalue weighted by Gasteiger charge is 2.00. The highest BCUT2D eigenvalue weighted by atomic mass is 16.5. The molecule has 0 fully saturated rings. The molecule has 4 heteroatoms. The fourth-order valence-corrected chi connectivity index (χ4v) is 2.93. The molecule has 0 saturated carbocycles. The Morgan fingerprint density at radius 1 is 0.786 bits per heavy atom. The lowest BCUT2D eigenvalue weighted by Crippen LogP contribution is -2.13. The van der Waals surface area contributed by atoms with Crippen molar-refractivity contribution in [2.45, 2.75) is 59.0 Å². The number of rotatable bonds is 14. The molecule has 0 saturated heterocycles. The number of unbranched alkanes of at least 4 members (excludes halogenated alkanes) is 4. The van der Waals surface area contributed by atoms with Crippen LogP contribution in [-0.2, 0) is 0 Å². The minimum absolute atomic E-state index is 0.185. The van der Waals surface area contributed by atoms with Crippen LogP contribution in [0.3, 0.4) is 0 Å². The third-order valence-electron chi connectivity index (χ3n) is 4.36. The van der Waals surface area contributed by atoms with Gasteiger partial charge in [-0.3, -0.25) is 0 Å². The number of ether oxygens (including phenoxy) is 2. The molecule has 154 valence electrons. The van der Waals surface area contributed by atoms with Crippen LogP contribution in [0.5, 0.6) is 11.5 Å². The summed E-state index contributed by atoms with van der Waals surface area (Å²) >= 11 is 0. The highest BCUT2D eigenvalue weighted by Crippen LogP contribution is 2.19. The molecule has 0 radical (unpaired) electrons. The molecular weight excluding hydrogens is 348 g/mol. The average molecular weight is 385 g/mol. The molecule has 0 bridgehead atoms. The summed E-state index contributed by atoms with van der Waals surface area (Å²) in [6.07, 6.45) is 6.49. The third kappa shape index (κ3) is 9.03. The van der Waals surface area contributed by atoms with E-state index in [0.29, 0.717) is 0 Å². The Hall–Kier alpha value is -2.36. The lowest BCUT2D eigenvalue weighted by atomic mass is 10.2. The molecule has 0 aromatic heterocycles. The van der Waals surface area contributed by atoms with Crippen molar-refractivity contribution in [3.8, 4) is 11.5 Å². The Morgan fingerprint density at radius 3 is 2.21 bits per heavy atom. The first kappa shape index (κ1) is 21.9. The molecule has 2 aromatic carbocycles. The number of hydrogen-bond donors (Lipinski definition) is 2. The second-order valence-corrected chi connectivity index (χ2v) is 7.34. The van der Waals surface area contributed by atoms with Crippen molar-refractivity contribution in [1.82, 2.24) is 0 Å². The molecule has 0 amide bonds. The normalized spacial score (nSPS) is 10.7. The SMILES string of the molecule is CCCCCCCOc1ccc(NCCNc2cccc(OC(C)C)c2)cc1. The van der Waals surface area contributed by atoms with E-state index in [0.717, 1.165) is 49.0 Å². The van der Waals surface area contributed by atoms with E-state index in [9.17, 15) is 0 Å². The Morgan fingerprint density at radius 2 is 1.50 bits per heavy atom. The molecule has 0 aliphatic rings. The van der Waals surface area contributed by atoms with Crippen molar-refractivity contribution in [3.63, 3.8) is 0 Å². The van der Waals surface area contributed by atoms with Crippen LogP contribution < -0.4 is 20.1 Å². The lowest BCUT2D eigenvalue weighted by molar-refractivity contribution is 0.242. The van der Waals surface area contributed by atoms with Gasteiger partial charge in [0.2, 0.25) is 0 Å². The maximum Gasteiger partial charge on any atom is 0.121 e. The summed E-state index contributed by atoms with van der Waals surface area (Å²) in [6, 6.07) is 16.3. The molecule has 28 heavy (non-hydrogen) atoms. The van der Waals surface area contributed by atoms with Crippen molar-refractivity contribution in [2.75, 3.05) is 30.3 Å². The third-order valence-corrected chi connectivity index (χ3v) is 4.36. The Bertz CT molecular complexity index is 656. The Kier molecular flexibility index (Phi) is 10.1. The van der Waals surface area contributed by atoms with Crippen LogP contribution >= 0.6 is 0 Å². The predicted molar refractivity (Wildman–Crippen MR) is 120 cm³/mol. The van der Waals surface area contributed by atoms with Crippen molar-refractivity contribution in [2.24, 2.45) is 0 Å². The summed E-state index contributed by atoms with van der Waals surface area (Å²) in [4.78, 5) is 0. The minimum Gasteiger partial charge on any atom is -0.494 e. The van der Waals surface area contributed by atoms with E-state index in [1.54, 1.807) is 0 Å². The zero-order valence-electron chi connectivity index (χ0n) is 17.7. The quantitative estimate of drug-likeness (QED) is 0.373. The van der Waals surface area contributed by atoms with E-state index in [-0.39, 0.29) is 6.10 Å². The molecule has 0 spiro atoms. The lowest BCUT2D eigenvalue weighted by Gasteiger charge is -2.13. The summed E-state index contributed by atoms with van der Waals surface area (Å²) in [5, 5.41) is 6.85. The smallest absolute Gasteiger partial charge is 0.121 e. The van der Waals surface area contributed by atoms with Gasteiger partial charge in [-0.15, -0.1) is 0 Å². The summed E-state index contributed by atoms with van der Waals surface area (Å²) in [5.41, 5.74) is 2.18. The van der Waals surface area contributed by atoms with E-state index in [1.807, 2.05) is 44.2 Å². The first-order valence-electron chi connectivity index (χ1n) is 10.6. The van der Waals surface area contributed by atoms with Crippen LogP contribution in [-0.4, -0.2) is 25.8 Å².